The molecule has 0 bridgehead atoms. The van der Waals surface area contributed by atoms with Crippen molar-refractivity contribution in [2.75, 3.05) is 13.1 Å². The molecule has 2 nitrogen and oxygen atoms in total. The summed E-state index contributed by atoms with van der Waals surface area (Å²) in [5.41, 5.74) is 1.09. The van der Waals surface area contributed by atoms with E-state index in [9.17, 15) is 4.79 Å². The number of thioether (sulfide) groups is 1. The summed E-state index contributed by atoms with van der Waals surface area (Å²) in [6.45, 7) is 6.25. The number of likely N-dealkylation sites (tertiary alicyclic amines) is 1. The van der Waals surface area contributed by atoms with Gasteiger partial charge in [0.05, 0.1) is 0 Å². The molecule has 3 rings (SSSR count). The van der Waals surface area contributed by atoms with Crippen LogP contribution in [-0.2, 0) is 4.79 Å². The molecule has 0 radical (unpaired) electrons. The van der Waals surface area contributed by atoms with Gasteiger partial charge in [0.15, 0.2) is 0 Å². The first kappa shape index (κ1) is 17.1. The molecule has 1 aliphatic heterocycles. The monoisotopic (exact) mass is 339 g/mol. The van der Waals surface area contributed by atoms with Gasteiger partial charge in [-0.05, 0) is 36.0 Å². The Morgan fingerprint density at radius 1 is 0.958 bits per heavy atom. The van der Waals surface area contributed by atoms with Crippen molar-refractivity contribution >= 4 is 17.7 Å². The second-order valence-corrected chi connectivity index (χ2v) is 8.09. The molecule has 0 N–H and O–H groups in total. The lowest BCUT2D eigenvalue weighted by molar-refractivity contribution is -0.133. The van der Waals surface area contributed by atoms with Gasteiger partial charge in [0.25, 0.3) is 0 Å². The SMILES string of the molecule is C[C@@H]1C[C@@H](C)CN(C(=O)[C@H](Sc2ccccc2)c2ccccc2)C1. The summed E-state index contributed by atoms with van der Waals surface area (Å²) < 4.78 is 0. The lowest BCUT2D eigenvalue weighted by Crippen LogP contribution is -2.44. The van der Waals surface area contributed by atoms with Gasteiger partial charge in [-0.3, -0.25) is 4.79 Å². The zero-order valence-electron chi connectivity index (χ0n) is 14.4. The maximum atomic E-state index is 13.3. The Bertz CT molecular complexity index is 648. The fourth-order valence-electron chi connectivity index (χ4n) is 3.53. The summed E-state index contributed by atoms with van der Waals surface area (Å²) in [5, 5.41) is -0.175. The number of piperidine rings is 1. The Morgan fingerprint density at radius 2 is 1.50 bits per heavy atom. The number of carbonyl (C=O) groups is 1. The molecule has 1 amide bonds. The Hall–Kier alpha value is -1.74. The summed E-state index contributed by atoms with van der Waals surface area (Å²) in [4.78, 5) is 16.5. The van der Waals surface area contributed by atoms with Crippen LogP contribution in [0.3, 0.4) is 0 Å². The normalized spacial score (nSPS) is 22.2. The quantitative estimate of drug-likeness (QED) is 0.729. The average molecular weight is 340 g/mol. The number of carbonyl (C=O) groups excluding carboxylic acids is 1. The van der Waals surface area contributed by atoms with Crippen molar-refractivity contribution in [3.8, 4) is 0 Å². The van der Waals surface area contributed by atoms with Crippen LogP contribution in [0.1, 0.15) is 31.1 Å². The van der Waals surface area contributed by atoms with Gasteiger partial charge in [0, 0.05) is 18.0 Å². The standard InChI is InChI=1S/C21H25NOS/c1-16-13-17(2)15-22(14-16)21(23)20(18-9-5-3-6-10-18)24-19-11-7-4-8-12-19/h3-12,16-17,20H,13-15H2,1-2H3/t16-,17-,20-/m1/s1. The lowest BCUT2D eigenvalue weighted by atomic mass is 9.91. The summed E-state index contributed by atoms with van der Waals surface area (Å²) in [7, 11) is 0. The molecule has 1 saturated heterocycles. The molecule has 24 heavy (non-hydrogen) atoms. The topological polar surface area (TPSA) is 20.3 Å². The van der Waals surface area contributed by atoms with Crippen LogP contribution in [0.15, 0.2) is 65.6 Å². The molecule has 0 aliphatic carbocycles. The van der Waals surface area contributed by atoms with Crippen molar-refractivity contribution < 1.29 is 4.79 Å². The van der Waals surface area contributed by atoms with Crippen molar-refractivity contribution in [2.24, 2.45) is 11.8 Å². The van der Waals surface area contributed by atoms with Crippen molar-refractivity contribution in [3.05, 3.63) is 66.2 Å². The third-order valence-electron chi connectivity index (χ3n) is 4.50. The van der Waals surface area contributed by atoms with E-state index in [4.69, 9.17) is 0 Å². The first-order valence-electron chi connectivity index (χ1n) is 8.69. The minimum Gasteiger partial charge on any atom is -0.341 e. The van der Waals surface area contributed by atoms with Crippen LogP contribution < -0.4 is 0 Å². The van der Waals surface area contributed by atoms with Crippen LogP contribution in [0.2, 0.25) is 0 Å². The zero-order chi connectivity index (χ0) is 16.9. The summed E-state index contributed by atoms with van der Waals surface area (Å²) >= 11 is 1.65. The molecule has 2 aromatic carbocycles. The molecule has 1 aliphatic rings. The lowest BCUT2D eigenvalue weighted by Gasteiger charge is -2.37. The van der Waals surface area contributed by atoms with E-state index in [1.807, 2.05) is 36.4 Å². The number of rotatable bonds is 4. The van der Waals surface area contributed by atoms with Crippen molar-refractivity contribution in [1.29, 1.82) is 0 Å². The van der Waals surface area contributed by atoms with Gasteiger partial charge in [0.1, 0.15) is 5.25 Å². The Labute approximate surface area is 149 Å². The highest BCUT2D eigenvalue weighted by Gasteiger charge is 2.31. The van der Waals surface area contributed by atoms with E-state index in [1.165, 1.54) is 6.42 Å². The predicted molar refractivity (Wildman–Crippen MR) is 101 cm³/mol. The third-order valence-corrected chi connectivity index (χ3v) is 5.76. The molecular weight excluding hydrogens is 314 g/mol. The van der Waals surface area contributed by atoms with E-state index in [-0.39, 0.29) is 11.2 Å². The molecule has 0 saturated carbocycles. The first-order chi connectivity index (χ1) is 11.6. The molecule has 0 aromatic heterocycles. The number of benzene rings is 2. The van der Waals surface area contributed by atoms with Crippen LogP contribution >= 0.6 is 11.8 Å². The molecule has 126 valence electrons. The second kappa shape index (κ2) is 7.89. The Morgan fingerprint density at radius 3 is 2.08 bits per heavy atom. The minimum atomic E-state index is -0.175. The zero-order valence-corrected chi connectivity index (χ0v) is 15.2. The van der Waals surface area contributed by atoms with Gasteiger partial charge in [-0.25, -0.2) is 0 Å². The van der Waals surface area contributed by atoms with E-state index in [0.29, 0.717) is 11.8 Å². The number of hydrogen-bond acceptors (Lipinski definition) is 2. The van der Waals surface area contributed by atoms with E-state index in [1.54, 1.807) is 11.8 Å². The highest BCUT2D eigenvalue weighted by molar-refractivity contribution is 8.00. The highest BCUT2D eigenvalue weighted by Crippen LogP contribution is 2.37. The molecule has 3 heteroatoms. The van der Waals surface area contributed by atoms with Crippen LogP contribution in [0.4, 0.5) is 0 Å². The summed E-state index contributed by atoms with van der Waals surface area (Å²) in [6.07, 6.45) is 1.21. The van der Waals surface area contributed by atoms with Gasteiger partial charge in [0.2, 0.25) is 5.91 Å². The van der Waals surface area contributed by atoms with Crippen molar-refractivity contribution in [2.45, 2.75) is 30.4 Å². The average Bonchev–Trinajstić information content (AvgIpc) is 2.60. The molecular formula is C21H25NOS. The first-order valence-corrected chi connectivity index (χ1v) is 9.57. The number of nitrogens with zero attached hydrogens (tertiary/aromatic N) is 1. The third kappa shape index (κ3) is 4.21. The fourth-order valence-corrected chi connectivity index (χ4v) is 4.66. The molecule has 2 aromatic rings. The molecule has 0 unspecified atom stereocenters. The van der Waals surface area contributed by atoms with Crippen LogP contribution in [0.25, 0.3) is 0 Å². The van der Waals surface area contributed by atoms with Gasteiger partial charge in [-0.1, -0.05) is 62.4 Å². The van der Waals surface area contributed by atoms with Crippen molar-refractivity contribution in [3.63, 3.8) is 0 Å². The molecule has 1 fully saturated rings. The predicted octanol–water partition coefficient (Wildman–Crippen LogP) is 5.02. The summed E-state index contributed by atoms with van der Waals surface area (Å²) in [5.74, 6) is 1.40. The number of amides is 1. The van der Waals surface area contributed by atoms with Gasteiger partial charge in [-0.2, -0.15) is 0 Å². The second-order valence-electron chi connectivity index (χ2n) is 6.91. The largest absolute Gasteiger partial charge is 0.341 e. The molecule has 0 spiro atoms. The van der Waals surface area contributed by atoms with E-state index in [2.05, 4.69) is 43.0 Å². The minimum absolute atomic E-state index is 0.175. The molecule has 3 atom stereocenters. The van der Waals surface area contributed by atoms with E-state index in [0.717, 1.165) is 23.5 Å². The maximum absolute atomic E-state index is 13.3. The maximum Gasteiger partial charge on any atom is 0.240 e. The van der Waals surface area contributed by atoms with Crippen LogP contribution in [0, 0.1) is 11.8 Å². The van der Waals surface area contributed by atoms with E-state index < -0.39 is 0 Å². The number of hydrogen-bond donors (Lipinski definition) is 0. The van der Waals surface area contributed by atoms with Gasteiger partial charge >= 0.3 is 0 Å². The van der Waals surface area contributed by atoms with Crippen molar-refractivity contribution in [1.82, 2.24) is 4.90 Å². The Kier molecular flexibility index (Phi) is 5.62. The van der Waals surface area contributed by atoms with Crippen LogP contribution in [0.5, 0.6) is 0 Å². The van der Waals surface area contributed by atoms with Crippen LogP contribution in [-0.4, -0.2) is 23.9 Å². The van der Waals surface area contributed by atoms with E-state index >= 15 is 0 Å². The fraction of sp³-hybridized carbons (Fsp3) is 0.381. The van der Waals surface area contributed by atoms with Gasteiger partial charge < -0.3 is 4.90 Å². The highest BCUT2D eigenvalue weighted by atomic mass is 32.2. The molecule has 1 heterocycles. The van der Waals surface area contributed by atoms with Gasteiger partial charge in [-0.15, -0.1) is 11.8 Å². The summed E-state index contributed by atoms with van der Waals surface area (Å²) in [6, 6.07) is 20.4. The smallest absolute Gasteiger partial charge is 0.240 e. The Balaban J connectivity index is 1.85.